The molecule has 4 heteroatoms. The Balaban J connectivity index is 2.71. The molecule has 0 bridgehead atoms. The maximum atomic E-state index is 9.31. The second kappa shape index (κ2) is 5.98. The molecule has 1 aromatic heterocycles. The molecule has 0 saturated carbocycles. The van der Waals surface area contributed by atoms with Crippen LogP contribution in [0.15, 0.2) is 18.2 Å². The highest BCUT2D eigenvalue weighted by atomic mass is 16.3. The van der Waals surface area contributed by atoms with Gasteiger partial charge in [-0.3, -0.25) is 4.90 Å². The van der Waals surface area contributed by atoms with Crippen molar-refractivity contribution >= 4 is 5.82 Å². The number of nitrogens with zero attached hydrogens (tertiary/aromatic N) is 2. The quantitative estimate of drug-likeness (QED) is 0.791. The van der Waals surface area contributed by atoms with Gasteiger partial charge in [0.05, 0.1) is 12.3 Å². The van der Waals surface area contributed by atoms with Crippen LogP contribution in [0.3, 0.4) is 0 Å². The average molecular weight is 237 g/mol. The lowest BCUT2D eigenvalue weighted by Crippen LogP contribution is -2.43. The van der Waals surface area contributed by atoms with Gasteiger partial charge in [-0.2, -0.15) is 0 Å². The summed E-state index contributed by atoms with van der Waals surface area (Å²) in [5.41, 5.74) is 0.781. The van der Waals surface area contributed by atoms with E-state index in [4.69, 9.17) is 0 Å². The van der Waals surface area contributed by atoms with Crippen molar-refractivity contribution in [3.63, 3.8) is 0 Å². The van der Waals surface area contributed by atoms with Gasteiger partial charge in [0.15, 0.2) is 0 Å². The molecule has 2 N–H and O–H groups in total. The molecule has 0 spiro atoms. The van der Waals surface area contributed by atoms with Gasteiger partial charge in [0.1, 0.15) is 5.82 Å². The van der Waals surface area contributed by atoms with Crippen molar-refractivity contribution in [2.24, 2.45) is 0 Å². The topological polar surface area (TPSA) is 48.4 Å². The number of pyridine rings is 1. The van der Waals surface area contributed by atoms with Crippen LogP contribution in [0.25, 0.3) is 0 Å². The Morgan fingerprint density at radius 3 is 2.71 bits per heavy atom. The number of nitrogens with one attached hydrogen (secondary N) is 1. The molecule has 0 amide bonds. The van der Waals surface area contributed by atoms with Gasteiger partial charge in [0.2, 0.25) is 0 Å². The minimum Gasteiger partial charge on any atom is -0.394 e. The highest BCUT2D eigenvalue weighted by Gasteiger charge is 2.22. The van der Waals surface area contributed by atoms with Gasteiger partial charge < -0.3 is 10.4 Å². The maximum Gasteiger partial charge on any atom is 0.126 e. The SMILES string of the molecule is CCNc1cccc(CN(C)C(C)(C)CO)n1. The highest BCUT2D eigenvalue weighted by Crippen LogP contribution is 2.15. The van der Waals surface area contributed by atoms with Crippen LogP contribution in [0.5, 0.6) is 0 Å². The zero-order valence-corrected chi connectivity index (χ0v) is 11.2. The molecule has 1 aromatic rings. The first-order chi connectivity index (χ1) is 7.99. The molecule has 0 aliphatic heterocycles. The number of hydrogen-bond donors (Lipinski definition) is 2. The monoisotopic (exact) mass is 237 g/mol. The fourth-order valence-electron chi connectivity index (χ4n) is 1.42. The molecule has 0 aliphatic rings. The second-order valence-electron chi connectivity index (χ2n) is 4.87. The van der Waals surface area contributed by atoms with Crippen LogP contribution in [0.1, 0.15) is 26.5 Å². The fraction of sp³-hybridized carbons (Fsp3) is 0.615. The lowest BCUT2D eigenvalue weighted by molar-refractivity contribution is 0.0725. The van der Waals surface area contributed by atoms with Crippen molar-refractivity contribution in [1.82, 2.24) is 9.88 Å². The van der Waals surface area contributed by atoms with Crippen molar-refractivity contribution in [1.29, 1.82) is 0 Å². The van der Waals surface area contributed by atoms with E-state index in [2.05, 4.69) is 22.1 Å². The van der Waals surface area contributed by atoms with Gasteiger partial charge in [0.25, 0.3) is 0 Å². The van der Waals surface area contributed by atoms with E-state index in [0.717, 1.165) is 24.6 Å². The van der Waals surface area contributed by atoms with E-state index >= 15 is 0 Å². The summed E-state index contributed by atoms with van der Waals surface area (Å²) in [5.74, 6) is 0.903. The van der Waals surface area contributed by atoms with Crippen LogP contribution in [0, 0.1) is 0 Å². The Morgan fingerprint density at radius 1 is 1.41 bits per heavy atom. The van der Waals surface area contributed by atoms with Crippen LogP contribution in [0.2, 0.25) is 0 Å². The lowest BCUT2D eigenvalue weighted by atomic mass is 10.1. The standard InChI is InChI=1S/C13H23N3O/c1-5-14-12-8-6-7-11(15-12)9-16(4)13(2,3)10-17/h6-8,17H,5,9-10H2,1-4H3,(H,14,15). The molecule has 4 nitrogen and oxygen atoms in total. The van der Waals surface area contributed by atoms with Crippen LogP contribution in [0.4, 0.5) is 5.82 Å². The van der Waals surface area contributed by atoms with E-state index in [1.54, 1.807) is 0 Å². The van der Waals surface area contributed by atoms with Gasteiger partial charge in [-0.1, -0.05) is 6.07 Å². The van der Waals surface area contributed by atoms with Gasteiger partial charge in [0, 0.05) is 18.6 Å². The summed E-state index contributed by atoms with van der Waals surface area (Å²) in [4.78, 5) is 6.62. The zero-order chi connectivity index (χ0) is 12.9. The van der Waals surface area contributed by atoms with Crippen molar-refractivity contribution in [3.05, 3.63) is 23.9 Å². The van der Waals surface area contributed by atoms with E-state index in [1.807, 2.05) is 39.1 Å². The third kappa shape index (κ3) is 3.98. The minimum absolute atomic E-state index is 0.135. The smallest absolute Gasteiger partial charge is 0.126 e. The molecule has 0 aliphatic carbocycles. The number of rotatable bonds is 6. The van der Waals surface area contributed by atoms with Crippen molar-refractivity contribution in [2.75, 3.05) is 25.5 Å². The van der Waals surface area contributed by atoms with Crippen LogP contribution in [-0.2, 0) is 6.54 Å². The number of anilines is 1. The molecule has 0 atom stereocenters. The molecule has 17 heavy (non-hydrogen) atoms. The number of aliphatic hydroxyl groups excluding tert-OH is 1. The largest absolute Gasteiger partial charge is 0.394 e. The van der Waals surface area contributed by atoms with E-state index in [1.165, 1.54) is 0 Å². The van der Waals surface area contributed by atoms with Crippen LogP contribution in [-0.4, -0.2) is 40.7 Å². The van der Waals surface area contributed by atoms with Gasteiger partial charge in [-0.15, -0.1) is 0 Å². The molecular formula is C13H23N3O. The van der Waals surface area contributed by atoms with E-state index in [0.29, 0.717) is 0 Å². The van der Waals surface area contributed by atoms with Crippen LogP contribution >= 0.6 is 0 Å². The predicted octanol–water partition coefficient (Wildman–Crippen LogP) is 1.72. The summed E-state index contributed by atoms with van der Waals surface area (Å²) >= 11 is 0. The molecule has 0 unspecified atom stereocenters. The Hall–Kier alpha value is -1.13. The number of aromatic nitrogens is 1. The summed E-state index contributed by atoms with van der Waals surface area (Å²) in [5, 5.41) is 12.5. The Kier molecular flexibility index (Phi) is 4.90. The van der Waals surface area contributed by atoms with E-state index in [-0.39, 0.29) is 12.1 Å². The first-order valence-corrected chi connectivity index (χ1v) is 6.01. The highest BCUT2D eigenvalue weighted by molar-refractivity contribution is 5.34. The summed E-state index contributed by atoms with van der Waals surface area (Å²) in [6.07, 6.45) is 0. The van der Waals surface area contributed by atoms with Crippen molar-refractivity contribution < 1.29 is 5.11 Å². The lowest BCUT2D eigenvalue weighted by Gasteiger charge is -2.33. The molecule has 1 heterocycles. The van der Waals surface area contributed by atoms with Crippen LogP contribution < -0.4 is 5.32 Å². The molecule has 0 fully saturated rings. The van der Waals surface area contributed by atoms with Gasteiger partial charge in [-0.05, 0) is 40.0 Å². The fourth-order valence-corrected chi connectivity index (χ4v) is 1.42. The minimum atomic E-state index is -0.226. The summed E-state index contributed by atoms with van der Waals surface area (Å²) in [6.45, 7) is 7.81. The first kappa shape index (κ1) is 13.9. The van der Waals surface area contributed by atoms with Gasteiger partial charge >= 0.3 is 0 Å². The summed E-state index contributed by atoms with van der Waals surface area (Å²) < 4.78 is 0. The normalized spacial score (nSPS) is 11.9. The van der Waals surface area contributed by atoms with Crippen molar-refractivity contribution in [3.8, 4) is 0 Å². The Labute approximate surface area is 104 Å². The molecule has 0 radical (unpaired) electrons. The molecule has 1 rings (SSSR count). The number of hydrogen-bond acceptors (Lipinski definition) is 4. The first-order valence-electron chi connectivity index (χ1n) is 6.01. The third-order valence-corrected chi connectivity index (χ3v) is 2.98. The molecule has 0 aromatic carbocycles. The van der Waals surface area contributed by atoms with Crippen molar-refractivity contribution in [2.45, 2.75) is 32.9 Å². The van der Waals surface area contributed by atoms with Gasteiger partial charge in [-0.25, -0.2) is 4.98 Å². The number of aliphatic hydroxyl groups is 1. The summed E-state index contributed by atoms with van der Waals surface area (Å²) in [6, 6.07) is 5.97. The zero-order valence-electron chi connectivity index (χ0n) is 11.2. The molecular weight excluding hydrogens is 214 g/mol. The van der Waals surface area contributed by atoms with E-state index in [9.17, 15) is 5.11 Å². The summed E-state index contributed by atoms with van der Waals surface area (Å²) in [7, 11) is 2.00. The number of likely N-dealkylation sites (N-methyl/N-ethyl adjacent to an activating group) is 1. The average Bonchev–Trinajstić information content (AvgIpc) is 2.30. The maximum absolute atomic E-state index is 9.31. The van der Waals surface area contributed by atoms with E-state index < -0.39 is 0 Å². The molecule has 0 saturated heterocycles. The Bertz CT molecular complexity index is 352. The third-order valence-electron chi connectivity index (χ3n) is 2.98. The second-order valence-corrected chi connectivity index (χ2v) is 4.87. The Morgan fingerprint density at radius 2 is 2.12 bits per heavy atom. The molecule has 96 valence electrons. The predicted molar refractivity (Wildman–Crippen MR) is 71.0 cm³/mol.